The lowest BCUT2D eigenvalue weighted by molar-refractivity contribution is 0.438. The summed E-state index contributed by atoms with van der Waals surface area (Å²) < 4.78 is 7.13. The van der Waals surface area contributed by atoms with Gasteiger partial charge in [-0.05, 0) is 24.3 Å². The summed E-state index contributed by atoms with van der Waals surface area (Å²) in [6.45, 7) is 0. The van der Waals surface area contributed by atoms with E-state index in [2.05, 4.69) is 4.98 Å². The Bertz CT molecular complexity index is 1250. The maximum atomic E-state index is 10.9. The first-order chi connectivity index (χ1) is 14.3. The van der Waals surface area contributed by atoms with E-state index in [1.165, 1.54) is 11.8 Å². The van der Waals surface area contributed by atoms with Crippen LogP contribution in [-0.2, 0) is 6.42 Å². The van der Waals surface area contributed by atoms with Gasteiger partial charge in [-0.2, -0.15) is 0 Å². The van der Waals surface area contributed by atoms with E-state index in [4.69, 9.17) is 9.40 Å². The Morgan fingerprint density at radius 3 is 2.38 bits per heavy atom. The van der Waals surface area contributed by atoms with Crippen LogP contribution >= 0.6 is 11.8 Å². The number of nitrogens with zero attached hydrogens (tertiary/aromatic N) is 3. The van der Waals surface area contributed by atoms with Crippen molar-refractivity contribution in [2.75, 3.05) is 0 Å². The van der Waals surface area contributed by atoms with Gasteiger partial charge in [-0.1, -0.05) is 60.3 Å². The highest BCUT2D eigenvalue weighted by molar-refractivity contribution is 7.99. The molecule has 5 aromatic rings. The van der Waals surface area contributed by atoms with Crippen molar-refractivity contribution in [1.29, 1.82) is 0 Å². The summed E-state index contributed by atoms with van der Waals surface area (Å²) in [5, 5.41) is 11.6. The van der Waals surface area contributed by atoms with Gasteiger partial charge in [0, 0.05) is 16.7 Å². The number of rotatable bonds is 5. The minimum atomic E-state index is 0.103. The molecule has 5 rings (SSSR count). The first-order valence-corrected chi connectivity index (χ1v) is 10.0. The number of furan rings is 1. The Labute approximate surface area is 171 Å². The molecule has 0 fully saturated rings. The van der Waals surface area contributed by atoms with E-state index >= 15 is 0 Å². The summed E-state index contributed by atoms with van der Waals surface area (Å²) in [6.07, 6.45) is 3.86. The van der Waals surface area contributed by atoms with E-state index < -0.39 is 0 Å². The molecule has 0 radical (unpaired) electrons. The summed E-state index contributed by atoms with van der Waals surface area (Å²) in [5.74, 6) is 0.850. The molecule has 3 heterocycles. The lowest BCUT2D eigenvalue weighted by atomic mass is 10.2. The Kier molecular flexibility index (Phi) is 4.54. The van der Waals surface area contributed by atoms with Crippen molar-refractivity contribution in [3.05, 3.63) is 96.7 Å². The molecule has 6 heteroatoms. The predicted molar refractivity (Wildman–Crippen MR) is 112 cm³/mol. The largest absolute Gasteiger partial charge is 0.493 e. The van der Waals surface area contributed by atoms with Crippen LogP contribution in [-0.4, -0.2) is 19.5 Å². The van der Waals surface area contributed by atoms with Crippen molar-refractivity contribution in [3.63, 3.8) is 0 Å². The zero-order valence-electron chi connectivity index (χ0n) is 15.4. The topological polar surface area (TPSA) is 63.6 Å². The molecule has 0 aliphatic carbocycles. The predicted octanol–water partition coefficient (Wildman–Crippen LogP) is 5.44. The molecule has 1 N–H and O–H groups in total. The van der Waals surface area contributed by atoms with Crippen molar-refractivity contribution >= 4 is 17.4 Å². The highest BCUT2D eigenvalue weighted by Gasteiger charge is 2.19. The zero-order chi connectivity index (χ0) is 19.6. The van der Waals surface area contributed by atoms with E-state index in [9.17, 15) is 5.11 Å². The quantitative estimate of drug-likeness (QED) is 0.426. The Morgan fingerprint density at radius 2 is 1.66 bits per heavy atom. The van der Waals surface area contributed by atoms with Crippen LogP contribution in [0.4, 0.5) is 0 Å². The fourth-order valence-electron chi connectivity index (χ4n) is 3.17. The SMILES string of the molecule is Oc1c(Cc2ccco2)nc2c(Sc3ccccc3)nc(-c3ccccc3)cn12. The highest BCUT2D eigenvalue weighted by atomic mass is 32.2. The van der Waals surface area contributed by atoms with E-state index in [-0.39, 0.29) is 5.88 Å². The standard InChI is InChI=1S/C23H17N3O2S/c27-23-19(14-17-10-7-13-28-17)24-21-22(29-18-11-5-2-6-12-18)25-20(15-26(21)23)16-8-3-1-4-9-16/h1-13,15,27H,14H2. The molecule has 0 spiro atoms. The molecule has 0 unspecified atom stereocenters. The second-order valence-corrected chi connectivity index (χ2v) is 7.61. The first kappa shape index (κ1) is 17.6. The number of fused-ring (bicyclic) bond motifs is 1. The van der Waals surface area contributed by atoms with Gasteiger partial charge in [0.15, 0.2) is 5.65 Å². The number of hydrogen-bond donors (Lipinski definition) is 1. The summed E-state index contributed by atoms with van der Waals surface area (Å²) in [5.41, 5.74) is 2.93. The maximum absolute atomic E-state index is 10.9. The molecule has 0 aliphatic rings. The van der Waals surface area contributed by atoms with Crippen LogP contribution in [0.3, 0.4) is 0 Å². The van der Waals surface area contributed by atoms with Gasteiger partial charge >= 0.3 is 0 Å². The van der Waals surface area contributed by atoms with E-state index in [1.54, 1.807) is 10.7 Å². The number of imidazole rings is 1. The van der Waals surface area contributed by atoms with Crippen molar-refractivity contribution in [2.45, 2.75) is 16.3 Å². The van der Waals surface area contributed by atoms with Gasteiger partial charge < -0.3 is 9.52 Å². The summed E-state index contributed by atoms with van der Waals surface area (Å²) >= 11 is 1.53. The van der Waals surface area contributed by atoms with E-state index in [1.807, 2.05) is 79.0 Å². The molecular formula is C23H17N3O2S. The average Bonchev–Trinajstić information content (AvgIpc) is 3.38. The lowest BCUT2D eigenvalue weighted by Crippen LogP contribution is -1.95. The van der Waals surface area contributed by atoms with Crippen molar-refractivity contribution in [1.82, 2.24) is 14.4 Å². The highest BCUT2D eigenvalue weighted by Crippen LogP contribution is 2.34. The number of hydrogen-bond acceptors (Lipinski definition) is 5. The average molecular weight is 399 g/mol. The molecule has 2 aromatic carbocycles. The number of aromatic nitrogens is 3. The van der Waals surface area contributed by atoms with Crippen LogP contribution in [0.5, 0.6) is 5.88 Å². The fourth-order valence-corrected chi connectivity index (χ4v) is 4.06. The lowest BCUT2D eigenvalue weighted by Gasteiger charge is -2.08. The normalized spacial score (nSPS) is 11.2. The van der Waals surface area contributed by atoms with Gasteiger partial charge in [0.1, 0.15) is 16.5 Å². The van der Waals surface area contributed by atoms with Gasteiger partial charge in [0.25, 0.3) is 0 Å². The minimum Gasteiger partial charge on any atom is -0.493 e. The molecule has 0 aliphatic heterocycles. The summed E-state index contributed by atoms with van der Waals surface area (Å²) in [7, 11) is 0. The summed E-state index contributed by atoms with van der Waals surface area (Å²) in [4.78, 5) is 10.6. The van der Waals surface area contributed by atoms with Crippen molar-refractivity contribution in [3.8, 4) is 17.1 Å². The smallest absolute Gasteiger partial charge is 0.219 e. The van der Waals surface area contributed by atoms with Crippen LogP contribution in [0.25, 0.3) is 16.9 Å². The molecule has 5 nitrogen and oxygen atoms in total. The van der Waals surface area contributed by atoms with Gasteiger partial charge in [0.05, 0.1) is 18.4 Å². The Morgan fingerprint density at radius 1 is 0.897 bits per heavy atom. The van der Waals surface area contributed by atoms with E-state index in [0.29, 0.717) is 17.8 Å². The van der Waals surface area contributed by atoms with Gasteiger partial charge in [-0.25, -0.2) is 9.97 Å². The minimum absolute atomic E-state index is 0.103. The third-order valence-corrected chi connectivity index (χ3v) is 5.54. The van der Waals surface area contributed by atoms with Crippen molar-refractivity contribution in [2.24, 2.45) is 0 Å². The van der Waals surface area contributed by atoms with Crippen LogP contribution in [0.2, 0.25) is 0 Å². The molecule has 0 saturated carbocycles. The van der Waals surface area contributed by atoms with E-state index in [0.717, 1.165) is 26.9 Å². The Hall–Kier alpha value is -3.51. The number of aromatic hydroxyl groups is 1. The van der Waals surface area contributed by atoms with Crippen molar-refractivity contribution < 1.29 is 9.52 Å². The molecule has 3 aromatic heterocycles. The molecule has 29 heavy (non-hydrogen) atoms. The molecule has 0 saturated heterocycles. The second-order valence-electron chi connectivity index (χ2n) is 6.54. The monoisotopic (exact) mass is 399 g/mol. The van der Waals surface area contributed by atoms with Gasteiger partial charge in [-0.15, -0.1) is 0 Å². The summed E-state index contributed by atoms with van der Waals surface area (Å²) in [6, 6.07) is 23.7. The zero-order valence-corrected chi connectivity index (χ0v) is 16.2. The molecule has 0 atom stereocenters. The third-order valence-electron chi connectivity index (χ3n) is 4.57. The Balaban J connectivity index is 1.67. The third kappa shape index (κ3) is 3.50. The fraction of sp³-hybridized carbons (Fsp3) is 0.0435. The van der Waals surface area contributed by atoms with Gasteiger partial charge in [0.2, 0.25) is 5.88 Å². The number of benzene rings is 2. The molecule has 142 valence electrons. The van der Waals surface area contributed by atoms with Crippen LogP contribution < -0.4 is 0 Å². The molecule has 0 amide bonds. The van der Waals surface area contributed by atoms with Crippen LogP contribution in [0.15, 0.2) is 99.6 Å². The van der Waals surface area contributed by atoms with Crippen LogP contribution in [0, 0.1) is 0 Å². The van der Waals surface area contributed by atoms with Gasteiger partial charge in [-0.3, -0.25) is 4.40 Å². The molecule has 0 bridgehead atoms. The molecular weight excluding hydrogens is 382 g/mol. The maximum Gasteiger partial charge on any atom is 0.219 e. The second kappa shape index (κ2) is 7.48. The first-order valence-electron chi connectivity index (χ1n) is 9.19. The van der Waals surface area contributed by atoms with Crippen LogP contribution in [0.1, 0.15) is 11.5 Å².